The van der Waals surface area contributed by atoms with Crippen LogP contribution in [0.4, 0.5) is 0 Å². The zero-order valence-corrected chi connectivity index (χ0v) is 15.8. The Morgan fingerprint density at radius 2 is 1.81 bits per heavy atom. The molecular weight excluding hydrogens is 360 g/mol. The Balaban J connectivity index is 1.72. The molecule has 0 unspecified atom stereocenters. The summed E-state index contributed by atoms with van der Waals surface area (Å²) >= 11 is 1.49. The van der Waals surface area contributed by atoms with E-state index in [4.69, 9.17) is 9.47 Å². The van der Waals surface area contributed by atoms with Crippen LogP contribution < -0.4 is 15.0 Å². The highest BCUT2D eigenvalue weighted by molar-refractivity contribution is 7.17. The lowest BCUT2D eigenvalue weighted by atomic mass is 10.1. The molecule has 136 valence electrons. The maximum absolute atomic E-state index is 12.7. The van der Waals surface area contributed by atoms with Crippen LogP contribution in [0.25, 0.3) is 21.3 Å². The van der Waals surface area contributed by atoms with Crippen molar-refractivity contribution in [3.63, 3.8) is 0 Å². The van der Waals surface area contributed by atoms with Crippen LogP contribution in [-0.2, 0) is 6.42 Å². The number of aromatic amines is 1. The van der Waals surface area contributed by atoms with Gasteiger partial charge in [0.15, 0.2) is 11.5 Å². The first kappa shape index (κ1) is 17.3. The summed E-state index contributed by atoms with van der Waals surface area (Å²) in [6.45, 7) is 0. The van der Waals surface area contributed by atoms with Gasteiger partial charge in [0, 0.05) is 17.4 Å². The largest absolute Gasteiger partial charge is 0.493 e. The van der Waals surface area contributed by atoms with Gasteiger partial charge in [0.05, 0.1) is 19.6 Å². The lowest BCUT2D eigenvalue weighted by molar-refractivity contribution is 0.354. The molecule has 0 aliphatic carbocycles. The van der Waals surface area contributed by atoms with E-state index in [0.29, 0.717) is 29.1 Å². The van der Waals surface area contributed by atoms with Gasteiger partial charge < -0.3 is 14.5 Å². The molecule has 4 aromatic rings. The molecule has 0 aliphatic rings. The number of hydrogen-bond donors (Lipinski definition) is 1. The molecule has 0 radical (unpaired) electrons. The van der Waals surface area contributed by atoms with Gasteiger partial charge in [-0.2, -0.15) is 0 Å². The Hall–Kier alpha value is -3.12. The Bertz CT molecular complexity index is 1150. The van der Waals surface area contributed by atoms with Crippen LogP contribution >= 0.6 is 11.3 Å². The summed E-state index contributed by atoms with van der Waals surface area (Å²) in [5.41, 5.74) is 2.80. The Kier molecular flexibility index (Phi) is 4.64. The Labute approximate surface area is 160 Å². The molecule has 0 saturated heterocycles. The number of methoxy groups -OCH3 is 2. The third-order valence-electron chi connectivity index (χ3n) is 4.40. The smallest absolute Gasteiger partial charge is 0.260 e. The minimum Gasteiger partial charge on any atom is -0.493 e. The quantitative estimate of drug-likeness (QED) is 0.564. The molecule has 1 N–H and O–H groups in total. The van der Waals surface area contributed by atoms with Gasteiger partial charge in [0.2, 0.25) is 0 Å². The van der Waals surface area contributed by atoms with Crippen LogP contribution in [0.2, 0.25) is 0 Å². The zero-order chi connectivity index (χ0) is 18.8. The molecule has 4 rings (SSSR count). The lowest BCUT2D eigenvalue weighted by Crippen LogP contribution is -2.11. The Morgan fingerprint density at radius 3 is 2.56 bits per heavy atom. The van der Waals surface area contributed by atoms with E-state index in [1.807, 2.05) is 53.9 Å². The van der Waals surface area contributed by atoms with Gasteiger partial charge in [-0.25, -0.2) is 4.98 Å². The number of rotatable bonds is 5. The zero-order valence-electron chi connectivity index (χ0n) is 15.0. The summed E-state index contributed by atoms with van der Waals surface area (Å²) < 4.78 is 10.6. The van der Waals surface area contributed by atoms with Gasteiger partial charge in [0.25, 0.3) is 5.56 Å². The topological polar surface area (TPSA) is 64.2 Å². The van der Waals surface area contributed by atoms with Gasteiger partial charge in [-0.3, -0.25) is 4.79 Å². The van der Waals surface area contributed by atoms with Crippen molar-refractivity contribution in [2.45, 2.75) is 6.42 Å². The average molecular weight is 378 g/mol. The fraction of sp³-hybridized carbons (Fsp3) is 0.143. The summed E-state index contributed by atoms with van der Waals surface area (Å²) in [6.07, 6.45) is 0.504. The van der Waals surface area contributed by atoms with Crippen LogP contribution in [0, 0.1) is 0 Å². The van der Waals surface area contributed by atoms with E-state index in [0.717, 1.165) is 21.5 Å². The summed E-state index contributed by atoms with van der Waals surface area (Å²) in [7, 11) is 3.20. The number of nitrogens with one attached hydrogen (secondary N) is 1. The second-order valence-electron chi connectivity index (χ2n) is 6.07. The van der Waals surface area contributed by atoms with Crippen molar-refractivity contribution in [3.8, 4) is 22.6 Å². The van der Waals surface area contributed by atoms with E-state index < -0.39 is 0 Å². The van der Waals surface area contributed by atoms with E-state index >= 15 is 0 Å². The molecular formula is C21H18N2O3S. The third kappa shape index (κ3) is 3.31. The highest BCUT2D eigenvalue weighted by Crippen LogP contribution is 2.31. The number of nitrogens with zero attached hydrogens (tertiary/aromatic N) is 1. The standard InChI is InChI=1S/C21H18N2O3S/c1-25-16-9-8-13(10-17(16)26-2)11-18-22-20(24)19-15(12-27-21(19)23-18)14-6-4-3-5-7-14/h3-10,12H,11H2,1-2H3,(H,22,23,24). The first-order valence-corrected chi connectivity index (χ1v) is 9.34. The van der Waals surface area contributed by atoms with Crippen LogP contribution in [-0.4, -0.2) is 24.2 Å². The molecule has 0 fully saturated rings. The lowest BCUT2D eigenvalue weighted by Gasteiger charge is -2.09. The maximum Gasteiger partial charge on any atom is 0.260 e. The third-order valence-corrected chi connectivity index (χ3v) is 5.27. The van der Waals surface area contributed by atoms with Crippen LogP contribution in [0.3, 0.4) is 0 Å². The average Bonchev–Trinajstić information content (AvgIpc) is 3.13. The van der Waals surface area contributed by atoms with Gasteiger partial charge in [0.1, 0.15) is 10.7 Å². The van der Waals surface area contributed by atoms with Crippen molar-refractivity contribution in [1.82, 2.24) is 9.97 Å². The number of H-pyrrole nitrogens is 1. The molecule has 2 aromatic carbocycles. The highest BCUT2D eigenvalue weighted by Gasteiger charge is 2.13. The van der Waals surface area contributed by atoms with Crippen molar-refractivity contribution >= 4 is 21.6 Å². The highest BCUT2D eigenvalue weighted by atomic mass is 32.1. The molecule has 0 amide bonds. The molecule has 0 spiro atoms. The van der Waals surface area contributed by atoms with Crippen molar-refractivity contribution in [2.75, 3.05) is 14.2 Å². The number of benzene rings is 2. The molecule has 0 atom stereocenters. The molecule has 0 saturated carbocycles. The first-order chi connectivity index (χ1) is 13.2. The normalized spacial score (nSPS) is 10.9. The van der Waals surface area contributed by atoms with E-state index in [2.05, 4.69) is 9.97 Å². The molecule has 2 aromatic heterocycles. The summed E-state index contributed by atoms with van der Waals surface area (Å²) in [5.74, 6) is 1.95. The summed E-state index contributed by atoms with van der Waals surface area (Å²) in [5, 5.41) is 2.63. The van der Waals surface area contributed by atoms with Gasteiger partial charge in [-0.05, 0) is 23.3 Å². The number of thiophene rings is 1. The predicted octanol–water partition coefficient (Wildman–Crippen LogP) is 4.26. The fourth-order valence-electron chi connectivity index (χ4n) is 3.09. The van der Waals surface area contributed by atoms with Crippen LogP contribution in [0.5, 0.6) is 11.5 Å². The second kappa shape index (κ2) is 7.25. The van der Waals surface area contributed by atoms with Crippen molar-refractivity contribution in [1.29, 1.82) is 0 Å². The minimum absolute atomic E-state index is 0.115. The van der Waals surface area contributed by atoms with Crippen LogP contribution in [0.15, 0.2) is 58.7 Å². The van der Waals surface area contributed by atoms with Crippen molar-refractivity contribution < 1.29 is 9.47 Å². The molecule has 5 nitrogen and oxygen atoms in total. The summed E-state index contributed by atoms with van der Waals surface area (Å²) in [6, 6.07) is 15.6. The minimum atomic E-state index is -0.115. The van der Waals surface area contributed by atoms with E-state index in [9.17, 15) is 4.79 Å². The maximum atomic E-state index is 12.7. The number of ether oxygens (including phenoxy) is 2. The SMILES string of the molecule is COc1ccc(Cc2nc3scc(-c4ccccc4)c3c(=O)[nH]2)cc1OC. The van der Waals surface area contributed by atoms with Crippen LogP contribution in [0.1, 0.15) is 11.4 Å². The molecule has 2 heterocycles. The van der Waals surface area contributed by atoms with E-state index in [1.165, 1.54) is 11.3 Å². The second-order valence-corrected chi connectivity index (χ2v) is 6.93. The van der Waals surface area contributed by atoms with Gasteiger partial charge in [-0.1, -0.05) is 36.4 Å². The molecule has 0 bridgehead atoms. The van der Waals surface area contributed by atoms with E-state index in [-0.39, 0.29) is 5.56 Å². The number of fused-ring (bicyclic) bond motifs is 1. The first-order valence-electron chi connectivity index (χ1n) is 8.46. The summed E-state index contributed by atoms with van der Waals surface area (Å²) in [4.78, 5) is 21.1. The van der Waals surface area contributed by atoms with Gasteiger partial charge in [-0.15, -0.1) is 11.3 Å². The monoisotopic (exact) mass is 378 g/mol. The Morgan fingerprint density at radius 1 is 1.04 bits per heavy atom. The molecule has 0 aliphatic heterocycles. The number of aromatic nitrogens is 2. The fourth-order valence-corrected chi connectivity index (χ4v) is 4.06. The molecule has 6 heteroatoms. The van der Waals surface area contributed by atoms with Crippen molar-refractivity contribution in [3.05, 3.63) is 75.7 Å². The predicted molar refractivity (Wildman–Crippen MR) is 108 cm³/mol. The van der Waals surface area contributed by atoms with Crippen molar-refractivity contribution in [2.24, 2.45) is 0 Å². The van der Waals surface area contributed by atoms with Gasteiger partial charge >= 0.3 is 0 Å². The van der Waals surface area contributed by atoms with E-state index in [1.54, 1.807) is 14.2 Å². The molecule has 27 heavy (non-hydrogen) atoms. The number of hydrogen-bond acceptors (Lipinski definition) is 5.